The van der Waals surface area contributed by atoms with Crippen LogP contribution in [0.15, 0.2) is 18.3 Å². The molecule has 1 N–H and O–H groups in total. The van der Waals surface area contributed by atoms with E-state index in [4.69, 9.17) is 4.74 Å². The van der Waals surface area contributed by atoms with E-state index in [9.17, 15) is 13.2 Å². The summed E-state index contributed by atoms with van der Waals surface area (Å²) in [5, 5.41) is 3.68. The molecule has 2 aliphatic rings. The fraction of sp³-hybridized carbons (Fsp3) is 0.688. The first-order valence-corrected chi connectivity index (χ1v) is 8.14. The molecule has 0 amide bonds. The minimum Gasteiger partial charge on any atom is -0.381 e. The summed E-state index contributed by atoms with van der Waals surface area (Å²) < 4.78 is 43.1. The van der Waals surface area contributed by atoms with Gasteiger partial charge in [-0.1, -0.05) is 0 Å². The smallest absolute Gasteiger partial charge is 0.381 e. The van der Waals surface area contributed by atoms with Crippen LogP contribution in [0.25, 0.3) is 0 Å². The fourth-order valence-corrected chi connectivity index (χ4v) is 3.21. The van der Waals surface area contributed by atoms with Crippen molar-refractivity contribution in [3.05, 3.63) is 23.9 Å². The summed E-state index contributed by atoms with van der Waals surface area (Å²) in [6.07, 6.45) is 0.676. The maximum atomic E-state index is 12.6. The van der Waals surface area contributed by atoms with Gasteiger partial charge in [0.05, 0.1) is 5.56 Å². The second-order valence-corrected chi connectivity index (χ2v) is 6.22. The summed E-state index contributed by atoms with van der Waals surface area (Å²) in [6.45, 7) is 3.29. The van der Waals surface area contributed by atoms with Crippen molar-refractivity contribution in [1.82, 2.24) is 10.3 Å². The first-order chi connectivity index (χ1) is 11.0. The van der Waals surface area contributed by atoms with Crippen LogP contribution >= 0.6 is 0 Å². The highest BCUT2D eigenvalue weighted by Gasteiger charge is 2.31. The number of halogens is 3. The molecule has 0 unspecified atom stereocenters. The highest BCUT2D eigenvalue weighted by Crippen LogP contribution is 2.29. The zero-order valence-electron chi connectivity index (χ0n) is 13.0. The lowest BCUT2D eigenvalue weighted by Crippen LogP contribution is -2.47. The molecule has 3 rings (SSSR count). The van der Waals surface area contributed by atoms with Crippen molar-refractivity contribution in [3.63, 3.8) is 0 Å². The van der Waals surface area contributed by atoms with Gasteiger partial charge in [0.15, 0.2) is 0 Å². The molecule has 0 saturated carbocycles. The number of anilines is 1. The molecule has 23 heavy (non-hydrogen) atoms. The Hall–Kier alpha value is -1.34. The van der Waals surface area contributed by atoms with Crippen molar-refractivity contribution in [2.45, 2.75) is 43.9 Å². The Morgan fingerprint density at radius 2 is 1.70 bits per heavy atom. The largest absolute Gasteiger partial charge is 0.417 e. The fourth-order valence-electron chi connectivity index (χ4n) is 3.21. The predicted molar refractivity (Wildman–Crippen MR) is 81.5 cm³/mol. The number of pyridine rings is 1. The summed E-state index contributed by atoms with van der Waals surface area (Å²) in [5.74, 6) is 0.627. The van der Waals surface area contributed by atoms with Gasteiger partial charge in [0, 0.05) is 44.6 Å². The molecule has 0 bridgehead atoms. The van der Waals surface area contributed by atoms with Gasteiger partial charge in [0.2, 0.25) is 0 Å². The van der Waals surface area contributed by atoms with E-state index in [0.29, 0.717) is 17.9 Å². The van der Waals surface area contributed by atoms with Gasteiger partial charge in [-0.2, -0.15) is 13.2 Å². The number of hydrogen-bond acceptors (Lipinski definition) is 4. The SMILES string of the molecule is FC(F)(F)c1ccc(N2CCC(NC3CCOCC3)CC2)nc1. The van der Waals surface area contributed by atoms with E-state index in [2.05, 4.69) is 15.2 Å². The third-order valence-corrected chi connectivity index (χ3v) is 4.59. The molecule has 0 aliphatic carbocycles. The molecule has 3 heterocycles. The Kier molecular flexibility index (Phi) is 5.06. The van der Waals surface area contributed by atoms with Gasteiger partial charge >= 0.3 is 6.18 Å². The summed E-state index contributed by atoms with van der Waals surface area (Å²) in [5.41, 5.74) is -0.697. The third kappa shape index (κ3) is 4.35. The first kappa shape index (κ1) is 16.5. The van der Waals surface area contributed by atoms with Gasteiger partial charge in [-0.25, -0.2) is 4.98 Å². The average molecular weight is 329 g/mol. The number of rotatable bonds is 3. The molecule has 2 aliphatic heterocycles. The molecule has 128 valence electrons. The van der Waals surface area contributed by atoms with Gasteiger partial charge in [-0.15, -0.1) is 0 Å². The van der Waals surface area contributed by atoms with E-state index in [1.807, 2.05) is 0 Å². The average Bonchev–Trinajstić information content (AvgIpc) is 2.56. The molecule has 2 fully saturated rings. The quantitative estimate of drug-likeness (QED) is 0.925. The van der Waals surface area contributed by atoms with Crippen molar-refractivity contribution in [2.24, 2.45) is 0 Å². The van der Waals surface area contributed by atoms with Crippen LogP contribution in [0.1, 0.15) is 31.2 Å². The molecule has 4 nitrogen and oxygen atoms in total. The Morgan fingerprint density at radius 3 is 2.26 bits per heavy atom. The van der Waals surface area contributed by atoms with Crippen LogP contribution in [0.2, 0.25) is 0 Å². The first-order valence-electron chi connectivity index (χ1n) is 8.14. The van der Waals surface area contributed by atoms with Crippen molar-refractivity contribution < 1.29 is 17.9 Å². The molecule has 7 heteroatoms. The minimum atomic E-state index is -4.33. The van der Waals surface area contributed by atoms with E-state index < -0.39 is 11.7 Å². The van der Waals surface area contributed by atoms with Crippen molar-refractivity contribution in [3.8, 4) is 0 Å². The summed E-state index contributed by atoms with van der Waals surface area (Å²) in [7, 11) is 0. The molecular weight excluding hydrogens is 307 g/mol. The minimum absolute atomic E-state index is 0.476. The second kappa shape index (κ2) is 7.05. The Morgan fingerprint density at radius 1 is 1.04 bits per heavy atom. The van der Waals surface area contributed by atoms with Crippen molar-refractivity contribution in [1.29, 1.82) is 0 Å². The maximum Gasteiger partial charge on any atom is 0.417 e. The van der Waals surface area contributed by atoms with Gasteiger partial charge in [-0.05, 0) is 37.8 Å². The molecule has 0 radical (unpaired) electrons. The molecule has 1 aromatic rings. The van der Waals surface area contributed by atoms with Crippen LogP contribution in [-0.2, 0) is 10.9 Å². The van der Waals surface area contributed by atoms with E-state index in [1.54, 1.807) is 0 Å². The highest BCUT2D eigenvalue weighted by molar-refractivity contribution is 5.40. The zero-order valence-corrected chi connectivity index (χ0v) is 13.0. The monoisotopic (exact) mass is 329 g/mol. The zero-order chi connectivity index (χ0) is 16.3. The van der Waals surface area contributed by atoms with E-state index >= 15 is 0 Å². The lowest BCUT2D eigenvalue weighted by molar-refractivity contribution is -0.137. The van der Waals surface area contributed by atoms with E-state index in [1.165, 1.54) is 6.07 Å². The topological polar surface area (TPSA) is 37.4 Å². The summed E-state index contributed by atoms with van der Waals surface area (Å²) in [4.78, 5) is 6.04. The lowest BCUT2D eigenvalue weighted by Gasteiger charge is -2.36. The molecule has 0 atom stereocenters. The van der Waals surface area contributed by atoms with Gasteiger partial charge in [-0.3, -0.25) is 0 Å². The van der Waals surface area contributed by atoms with Crippen molar-refractivity contribution in [2.75, 3.05) is 31.2 Å². The summed E-state index contributed by atoms with van der Waals surface area (Å²) in [6, 6.07) is 3.58. The number of nitrogens with one attached hydrogen (secondary N) is 1. The predicted octanol–water partition coefficient (Wildman–Crippen LogP) is 2.84. The van der Waals surface area contributed by atoms with E-state index in [-0.39, 0.29) is 0 Å². The summed E-state index contributed by atoms with van der Waals surface area (Å²) >= 11 is 0. The number of hydrogen-bond donors (Lipinski definition) is 1. The van der Waals surface area contributed by atoms with Gasteiger partial charge in [0.1, 0.15) is 5.82 Å². The number of aromatic nitrogens is 1. The normalized spacial score (nSPS) is 21.6. The van der Waals surface area contributed by atoms with Crippen LogP contribution in [0.3, 0.4) is 0 Å². The molecular formula is C16H22F3N3O. The molecule has 0 spiro atoms. The van der Waals surface area contributed by atoms with Gasteiger partial charge in [0.25, 0.3) is 0 Å². The number of nitrogens with zero attached hydrogens (tertiary/aromatic N) is 2. The second-order valence-electron chi connectivity index (χ2n) is 6.22. The lowest BCUT2D eigenvalue weighted by atomic mass is 10.0. The highest BCUT2D eigenvalue weighted by atomic mass is 19.4. The standard InChI is InChI=1S/C16H22F3N3O/c17-16(18,19)12-1-2-15(20-11-12)22-7-3-13(4-8-22)21-14-5-9-23-10-6-14/h1-2,11,13-14,21H,3-10H2. The number of alkyl halides is 3. The third-order valence-electron chi connectivity index (χ3n) is 4.59. The van der Waals surface area contributed by atoms with Crippen LogP contribution in [0, 0.1) is 0 Å². The molecule has 0 aromatic carbocycles. The number of piperidine rings is 1. The number of ether oxygens (including phenoxy) is 1. The van der Waals surface area contributed by atoms with Gasteiger partial charge < -0.3 is 15.0 Å². The van der Waals surface area contributed by atoms with E-state index in [0.717, 1.165) is 64.2 Å². The Balaban J connectivity index is 1.50. The van der Waals surface area contributed by atoms with Crippen LogP contribution in [-0.4, -0.2) is 43.4 Å². The Bertz CT molecular complexity index is 492. The molecule has 1 aromatic heterocycles. The Labute approximate surface area is 134 Å². The molecule has 2 saturated heterocycles. The maximum absolute atomic E-state index is 12.6. The van der Waals surface area contributed by atoms with Crippen molar-refractivity contribution >= 4 is 5.82 Å². The van der Waals surface area contributed by atoms with Crippen LogP contribution < -0.4 is 10.2 Å². The van der Waals surface area contributed by atoms with Crippen LogP contribution in [0.4, 0.5) is 19.0 Å². The van der Waals surface area contributed by atoms with Crippen LogP contribution in [0.5, 0.6) is 0 Å².